The maximum atomic E-state index is 12.4. The maximum absolute atomic E-state index is 12.4. The number of anilines is 1. The number of hydrogen-bond donors (Lipinski definition) is 2. The number of nitro groups is 1. The number of rotatable bonds is 6. The van der Waals surface area contributed by atoms with Gasteiger partial charge < -0.3 is 10.1 Å². The van der Waals surface area contributed by atoms with Gasteiger partial charge in [-0.15, -0.1) is 5.10 Å². The zero-order valence-corrected chi connectivity index (χ0v) is 15.1. The molecule has 0 saturated carbocycles. The largest absolute Gasteiger partial charge is 0.475 e. The smallest absolute Gasteiger partial charge is 0.362 e. The predicted molar refractivity (Wildman–Crippen MR) is 95.2 cm³/mol. The topological polar surface area (TPSA) is 128 Å². The third kappa shape index (κ3) is 3.72. The van der Waals surface area contributed by atoms with Crippen LogP contribution in [0.15, 0.2) is 41.1 Å². The van der Waals surface area contributed by atoms with Crippen LogP contribution in [0.4, 0.5) is 11.4 Å². The Labute approximate surface area is 155 Å². The number of aromatic amines is 1. The van der Waals surface area contributed by atoms with Gasteiger partial charge in [-0.1, -0.05) is 12.1 Å². The van der Waals surface area contributed by atoms with E-state index >= 15 is 0 Å². The van der Waals surface area contributed by atoms with Crippen molar-refractivity contribution in [3.63, 3.8) is 0 Å². The Hall–Kier alpha value is -3.21. The van der Waals surface area contributed by atoms with Gasteiger partial charge in [0.2, 0.25) is 5.69 Å². The van der Waals surface area contributed by atoms with Crippen LogP contribution < -0.4 is 10.1 Å². The molecule has 3 rings (SSSR count). The van der Waals surface area contributed by atoms with Crippen LogP contribution in [0.2, 0.25) is 0 Å². The summed E-state index contributed by atoms with van der Waals surface area (Å²) in [6.07, 6.45) is 3.50. The van der Waals surface area contributed by atoms with E-state index in [2.05, 4.69) is 36.5 Å². The molecule has 0 spiro atoms. The van der Waals surface area contributed by atoms with Gasteiger partial charge in [-0.25, -0.2) is 0 Å². The molecule has 0 radical (unpaired) electrons. The fourth-order valence-electron chi connectivity index (χ4n) is 2.34. The molecule has 2 N–H and O–H groups in total. The van der Waals surface area contributed by atoms with Crippen LogP contribution in [0.1, 0.15) is 16.1 Å². The first kappa shape index (κ1) is 17.6. The summed E-state index contributed by atoms with van der Waals surface area (Å²) in [5, 5.41) is 23.9. The lowest BCUT2D eigenvalue weighted by molar-refractivity contribution is -0.386. The van der Waals surface area contributed by atoms with Crippen molar-refractivity contribution in [3.05, 3.63) is 62.5 Å². The number of methoxy groups -OCH3 is 1. The molecule has 0 aliphatic carbocycles. The summed E-state index contributed by atoms with van der Waals surface area (Å²) in [6, 6.07) is 7.09. The second-order valence-corrected chi connectivity index (χ2v) is 6.14. The second kappa shape index (κ2) is 7.35. The van der Waals surface area contributed by atoms with Crippen LogP contribution in [0.5, 0.6) is 5.88 Å². The van der Waals surface area contributed by atoms with Crippen LogP contribution in [-0.2, 0) is 6.54 Å². The zero-order chi connectivity index (χ0) is 18.7. The van der Waals surface area contributed by atoms with Gasteiger partial charge in [0.25, 0.3) is 5.91 Å². The minimum absolute atomic E-state index is 0.252. The fourth-order valence-corrected chi connectivity index (χ4v) is 2.67. The summed E-state index contributed by atoms with van der Waals surface area (Å²) >= 11 is 3.33. The third-order valence-electron chi connectivity index (χ3n) is 3.44. The molecule has 26 heavy (non-hydrogen) atoms. The maximum Gasteiger partial charge on any atom is 0.362 e. The predicted octanol–water partition coefficient (Wildman–Crippen LogP) is 2.59. The molecule has 10 nitrogen and oxygen atoms in total. The summed E-state index contributed by atoms with van der Waals surface area (Å²) in [7, 11) is 1.24. The van der Waals surface area contributed by atoms with E-state index in [1.54, 1.807) is 29.1 Å². The first-order valence-corrected chi connectivity index (χ1v) is 8.12. The van der Waals surface area contributed by atoms with Crippen molar-refractivity contribution in [2.24, 2.45) is 0 Å². The summed E-state index contributed by atoms with van der Waals surface area (Å²) < 4.78 is 7.39. The number of halogens is 1. The zero-order valence-electron chi connectivity index (χ0n) is 13.5. The molecule has 0 saturated heterocycles. The Kier molecular flexibility index (Phi) is 4.98. The SMILES string of the molecule is COc1n[nH]c(C(=O)Nc2cccc(Cn3cc(Br)cn3)c2)c1[N+](=O)[O-]. The molecule has 0 unspecified atom stereocenters. The Morgan fingerprint density at radius 2 is 2.31 bits per heavy atom. The van der Waals surface area contributed by atoms with Gasteiger partial charge in [0, 0.05) is 11.9 Å². The van der Waals surface area contributed by atoms with Crippen LogP contribution in [0.25, 0.3) is 0 Å². The van der Waals surface area contributed by atoms with Gasteiger partial charge in [0.05, 0.1) is 29.2 Å². The number of nitrogens with one attached hydrogen (secondary N) is 2. The molecule has 2 heterocycles. The van der Waals surface area contributed by atoms with Gasteiger partial charge in [-0.3, -0.25) is 24.7 Å². The summed E-state index contributed by atoms with van der Waals surface area (Å²) in [6.45, 7) is 0.507. The standard InChI is InChI=1S/C15H13BrN6O4/c1-26-15-13(22(24)25)12(19-20-15)14(23)18-11-4-2-3-9(5-11)7-21-8-10(16)6-17-21/h2-6,8H,7H2,1H3,(H,18,23)(H,19,20). The molecule has 134 valence electrons. The molecule has 1 aromatic carbocycles. The van der Waals surface area contributed by atoms with Crippen molar-refractivity contribution in [3.8, 4) is 5.88 Å². The van der Waals surface area contributed by atoms with Gasteiger partial charge >= 0.3 is 11.6 Å². The Bertz CT molecular complexity index is 967. The van der Waals surface area contributed by atoms with E-state index in [4.69, 9.17) is 4.74 Å². The van der Waals surface area contributed by atoms with Crippen molar-refractivity contribution in [1.29, 1.82) is 0 Å². The first-order valence-electron chi connectivity index (χ1n) is 7.33. The average Bonchev–Trinajstić information content (AvgIpc) is 3.21. The molecule has 0 aliphatic heterocycles. The quantitative estimate of drug-likeness (QED) is 0.465. The van der Waals surface area contributed by atoms with Crippen molar-refractivity contribution < 1.29 is 14.5 Å². The molecular weight excluding hydrogens is 408 g/mol. The number of aromatic nitrogens is 4. The summed E-state index contributed by atoms with van der Waals surface area (Å²) in [5.41, 5.74) is 0.590. The molecule has 0 atom stereocenters. The number of carbonyl (C=O) groups excluding carboxylic acids is 1. The van der Waals surface area contributed by atoms with E-state index < -0.39 is 16.5 Å². The molecule has 0 bridgehead atoms. The van der Waals surface area contributed by atoms with Crippen molar-refractivity contribution in [2.75, 3.05) is 12.4 Å². The van der Waals surface area contributed by atoms with Gasteiger partial charge in [0.1, 0.15) is 0 Å². The van der Waals surface area contributed by atoms with E-state index in [9.17, 15) is 14.9 Å². The highest BCUT2D eigenvalue weighted by Crippen LogP contribution is 2.28. The van der Waals surface area contributed by atoms with E-state index in [1.165, 1.54) is 7.11 Å². The third-order valence-corrected chi connectivity index (χ3v) is 3.85. The van der Waals surface area contributed by atoms with Gasteiger partial charge in [-0.2, -0.15) is 5.10 Å². The number of H-pyrrole nitrogens is 1. The van der Waals surface area contributed by atoms with E-state index in [0.717, 1.165) is 10.0 Å². The highest BCUT2D eigenvalue weighted by molar-refractivity contribution is 9.10. The number of ether oxygens (including phenoxy) is 1. The number of hydrogen-bond acceptors (Lipinski definition) is 6. The first-order chi connectivity index (χ1) is 12.5. The monoisotopic (exact) mass is 420 g/mol. The summed E-state index contributed by atoms with van der Waals surface area (Å²) in [5.74, 6) is -0.940. The Balaban J connectivity index is 1.79. The number of benzene rings is 1. The van der Waals surface area contributed by atoms with Crippen molar-refractivity contribution >= 4 is 33.2 Å². The molecule has 0 aliphatic rings. The van der Waals surface area contributed by atoms with E-state index in [0.29, 0.717) is 12.2 Å². The van der Waals surface area contributed by atoms with E-state index in [1.807, 2.05) is 12.3 Å². The summed E-state index contributed by atoms with van der Waals surface area (Å²) in [4.78, 5) is 22.8. The lowest BCUT2D eigenvalue weighted by atomic mass is 10.2. The fraction of sp³-hybridized carbons (Fsp3) is 0.133. The molecular formula is C15H13BrN6O4. The van der Waals surface area contributed by atoms with Crippen molar-refractivity contribution in [1.82, 2.24) is 20.0 Å². The molecule has 1 amide bonds. The molecule has 2 aromatic heterocycles. The lowest BCUT2D eigenvalue weighted by Gasteiger charge is -2.07. The minimum atomic E-state index is -0.719. The van der Waals surface area contributed by atoms with Crippen LogP contribution in [0.3, 0.4) is 0 Å². The van der Waals surface area contributed by atoms with Crippen LogP contribution >= 0.6 is 15.9 Å². The molecule has 0 fully saturated rings. The number of carbonyl (C=O) groups is 1. The van der Waals surface area contributed by atoms with Crippen LogP contribution in [-0.4, -0.2) is 37.9 Å². The Morgan fingerprint density at radius 3 is 2.96 bits per heavy atom. The van der Waals surface area contributed by atoms with Crippen molar-refractivity contribution in [2.45, 2.75) is 6.54 Å². The van der Waals surface area contributed by atoms with E-state index in [-0.39, 0.29) is 11.6 Å². The average molecular weight is 421 g/mol. The Morgan fingerprint density at radius 1 is 1.50 bits per heavy atom. The normalized spacial score (nSPS) is 10.5. The second-order valence-electron chi connectivity index (χ2n) is 5.22. The molecule has 11 heteroatoms. The minimum Gasteiger partial charge on any atom is -0.475 e. The van der Waals surface area contributed by atoms with Gasteiger partial charge in [0.15, 0.2) is 0 Å². The number of amides is 1. The highest BCUT2D eigenvalue weighted by Gasteiger charge is 2.30. The number of nitrogens with zero attached hydrogens (tertiary/aromatic N) is 4. The highest BCUT2D eigenvalue weighted by atomic mass is 79.9. The van der Waals surface area contributed by atoms with Crippen LogP contribution in [0, 0.1) is 10.1 Å². The molecule has 3 aromatic rings. The lowest BCUT2D eigenvalue weighted by Crippen LogP contribution is -2.14. The van der Waals surface area contributed by atoms with Gasteiger partial charge in [-0.05, 0) is 33.6 Å².